The molecule has 0 heterocycles. The zero-order valence-electron chi connectivity index (χ0n) is 6.09. The summed E-state index contributed by atoms with van der Waals surface area (Å²) in [5, 5.41) is 0. The van der Waals surface area contributed by atoms with Crippen molar-refractivity contribution in [3.63, 3.8) is 0 Å². The van der Waals surface area contributed by atoms with Crippen molar-refractivity contribution in [1.29, 1.82) is 0 Å². The first kappa shape index (κ1) is 8.22. The molecule has 0 heteroatoms. The number of allylic oxidation sites excluding steroid dienone is 6. The highest BCUT2D eigenvalue weighted by Gasteiger charge is 1.72. The van der Waals surface area contributed by atoms with Gasteiger partial charge in [0, 0.05) is 0 Å². The van der Waals surface area contributed by atoms with Crippen LogP contribution >= 0.6 is 0 Å². The van der Waals surface area contributed by atoms with Crippen molar-refractivity contribution >= 4 is 0 Å². The van der Waals surface area contributed by atoms with Crippen LogP contribution in [0.15, 0.2) is 36.0 Å². The standard InChI is InChI=1S/C9H13/c1-4-6-8-9(3)7-5-2/h4-8H,2H2,1,3H3/b6-4+,7-5+,9-8+. The van der Waals surface area contributed by atoms with Crippen LogP contribution < -0.4 is 0 Å². The van der Waals surface area contributed by atoms with Gasteiger partial charge in [-0.25, -0.2) is 0 Å². The first-order valence-electron chi connectivity index (χ1n) is 3.06. The maximum absolute atomic E-state index is 3.59. The largest absolute Gasteiger partial charge is 0.0877 e. The molecule has 49 valence electrons. The maximum Gasteiger partial charge on any atom is -0.0313 e. The fourth-order valence-electron chi connectivity index (χ4n) is 0.489. The first-order chi connectivity index (χ1) is 4.31. The molecule has 0 nitrogen and oxygen atoms in total. The molecular weight excluding hydrogens is 108 g/mol. The van der Waals surface area contributed by atoms with Gasteiger partial charge in [-0.2, -0.15) is 0 Å². The Morgan fingerprint density at radius 1 is 1.44 bits per heavy atom. The summed E-state index contributed by atoms with van der Waals surface area (Å²) in [6, 6.07) is 0. The second kappa shape index (κ2) is 5.36. The molecule has 0 aliphatic heterocycles. The van der Waals surface area contributed by atoms with Gasteiger partial charge in [-0.15, -0.1) is 0 Å². The average molecular weight is 121 g/mol. The molecule has 0 aliphatic carbocycles. The van der Waals surface area contributed by atoms with Crippen molar-refractivity contribution in [2.24, 2.45) is 0 Å². The second-order valence-corrected chi connectivity index (χ2v) is 1.84. The summed E-state index contributed by atoms with van der Waals surface area (Å²) in [5.41, 5.74) is 1.23. The van der Waals surface area contributed by atoms with Crippen molar-refractivity contribution in [3.05, 3.63) is 42.9 Å². The summed E-state index contributed by atoms with van der Waals surface area (Å²) in [4.78, 5) is 0. The molecule has 0 aromatic carbocycles. The summed E-state index contributed by atoms with van der Waals surface area (Å²) in [5.74, 6) is 0. The van der Waals surface area contributed by atoms with Gasteiger partial charge in [-0.3, -0.25) is 0 Å². The summed E-state index contributed by atoms with van der Waals surface area (Å²) in [6.45, 7) is 7.63. The second-order valence-electron chi connectivity index (χ2n) is 1.84. The molecule has 1 radical (unpaired) electrons. The van der Waals surface area contributed by atoms with E-state index in [1.54, 1.807) is 6.08 Å². The summed E-state index contributed by atoms with van der Waals surface area (Å²) in [7, 11) is 0. The molecule has 0 spiro atoms. The van der Waals surface area contributed by atoms with Crippen molar-refractivity contribution in [2.75, 3.05) is 0 Å². The maximum atomic E-state index is 3.59. The monoisotopic (exact) mass is 121 g/mol. The Labute approximate surface area is 57.6 Å². The average Bonchev–Trinajstić information content (AvgIpc) is 1.85. The lowest BCUT2D eigenvalue weighted by Gasteiger charge is -1.83. The normalized spacial score (nSPS) is 13.9. The highest BCUT2D eigenvalue weighted by Crippen LogP contribution is 1.93. The van der Waals surface area contributed by atoms with E-state index in [2.05, 4.69) is 6.92 Å². The van der Waals surface area contributed by atoms with E-state index >= 15 is 0 Å². The Morgan fingerprint density at radius 3 is 2.56 bits per heavy atom. The lowest BCUT2D eigenvalue weighted by Crippen LogP contribution is -1.62. The van der Waals surface area contributed by atoms with Gasteiger partial charge >= 0.3 is 0 Å². The third kappa shape index (κ3) is 5.09. The minimum absolute atomic E-state index is 1.23. The summed E-state index contributed by atoms with van der Waals surface area (Å²) < 4.78 is 0. The molecule has 0 rings (SSSR count). The van der Waals surface area contributed by atoms with E-state index in [1.807, 2.05) is 38.2 Å². The van der Waals surface area contributed by atoms with E-state index < -0.39 is 0 Å². The third-order valence-electron chi connectivity index (χ3n) is 0.932. The molecule has 0 aromatic rings. The van der Waals surface area contributed by atoms with E-state index in [1.165, 1.54) is 5.57 Å². The Kier molecular flexibility index (Phi) is 4.89. The lowest BCUT2D eigenvalue weighted by molar-refractivity contribution is 1.52. The third-order valence-corrected chi connectivity index (χ3v) is 0.932. The van der Waals surface area contributed by atoms with Crippen LogP contribution in [0.3, 0.4) is 0 Å². The van der Waals surface area contributed by atoms with Crippen molar-refractivity contribution in [3.8, 4) is 0 Å². The molecule has 0 aromatic heterocycles. The summed E-state index contributed by atoms with van der Waals surface area (Å²) in [6.07, 6.45) is 9.81. The first-order valence-corrected chi connectivity index (χ1v) is 3.06. The van der Waals surface area contributed by atoms with Crippen LogP contribution in [0.25, 0.3) is 0 Å². The molecule has 0 atom stereocenters. The van der Waals surface area contributed by atoms with Crippen LogP contribution in [-0.2, 0) is 0 Å². The molecule has 0 unspecified atom stereocenters. The van der Waals surface area contributed by atoms with Crippen LogP contribution in [0, 0.1) is 6.92 Å². The van der Waals surface area contributed by atoms with Gasteiger partial charge in [0.25, 0.3) is 0 Å². The Hall–Kier alpha value is -0.780. The predicted molar refractivity (Wildman–Crippen MR) is 43.1 cm³/mol. The fourth-order valence-corrected chi connectivity index (χ4v) is 0.489. The van der Waals surface area contributed by atoms with Gasteiger partial charge in [0.1, 0.15) is 0 Å². The van der Waals surface area contributed by atoms with Crippen molar-refractivity contribution in [1.82, 2.24) is 0 Å². The topological polar surface area (TPSA) is 0 Å². The molecule has 0 saturated heterocycles. The van der Waals surface area contributed by atoms with E-state index in [0.29, 0.717) is 0 Å². The molecule has 0 fully saturated rings. The Bertz CT molecular complexity index is 136. The van der Waals surface area contributed by atoms with Gasteiger partial charge in [-0.1, -0.05) is 36.0 Å². The van der Waals surface area contributed by atoms with Crippen molar-refractivity contribution in [2.45, 2.75) is 13.8 Å². The Morgan fingerprint density at radius 2 is 2.11 bits per heavy atom. The van der Waals surface area contributed by atoms with Gasteiger partial charge in [0.05, 0.1) is 0 Å². The molecule has 0 amide bonds. The van der Waals surface area contributed by atoms with E-state index in [0.717, 1.165) is 0 Å². The van der Waals surface area contributed by atoms with Gasteiger partial charge in [0.2, 0.25) is 0 Å². The van der Waals surface area contributed by atoms with E-state index in [-0.39, 0.29) is 0 Å². The smallest absolute Gasteiger partial charge is 0.0313 e. The highest BCUT2D eigenvalue weighted by atomic mass is 13.8. The van der Waals surface area contributed by atoms with E-state index in [9.17, 15) is 0 Å². The predicted octanol–water partition coefficient (Wildman–Crippen LogP) is 2.90. The molecule has 0 N–H and O–H groups in total. The van der Waals surface area contributed by atoms with Crippen LogP contribution in [0.1, 0.15) is 13.8 Å². The van der Waals surface area contributed by atoms with Crippen LogP contribution in [0.5, 0.6) is 0 Å². The zero-order chi connectivity index (χ0) is 7.11. The van der Waals surface area contributed by atoms with E-state index in [4.69, 9.17) is 0 Å². The zero-order valence-corrected chi connectivity index (χ0v) is 6.09. The lowest BCUT2D eigenvalue weighted by atomic mass is 10.2. The van der Waals surface area contributed by atoms with Crippen molar-refractivity contribution < 1.29 is 0 Å². The minimum atomic E-state index is 1.23. The summed E-state index contributed by atoms with van der Waals surface area (Å²) >= 11 is 0. The SMILES string of the molecule is [CH2]/C=C/C(C)=C/C=C/C. The fraction of sp³-hybridized carbons (Fsp3) is 0.222. The highest BCUT2D eigenvalue weighted by molar-refractivity contribution is 5.21. The molecule has 0 aliphatic rings. The Balaban J connectivity index is 3.84. The quantitative estimate of drug-likeness (QED) is 0.493. The number of hydrogen-bond donors (Lipinski definition) is 0. The number of rotatable bonds is 2. The molecule has 0 saturated carbocycles. The minimum Gasteiger partial charge on any atom is -0.0877 e. The van der Waals surface area contributed by atoms with Crippen LogP contribution in [0.4, 0.5) is 0 Å². The molecule has 9 heavy (non-hydrogen) atoms. The molecule has 0 bridgehead atoms. The van der Waals surface area contributed by atoms with Gasteiger partial charge in [-0.05, 0) is 20.8 Å². The van der Waals surface area contributed by atoms with Gasteiger partial charge < -0.3 is 0 Å². The molecular formula is C9H13. The number of hydrogen-bond acceptors (Lipinski definition) is 0. The van der Waals surface area contributed by atoms with Crippen LogP contribution in [0.2, 0.25) is 0 Å². The van der Waals surface area contributed by atoms with Crippen LogP contribution in [-0.4, -0.2) is 0 Å². The van der Waals surface area contributed by atoms with Gasteiger partial charge in [0.15, 0.2) is 0 Å².